The molecule has 0 aromatic carbocycles. The molecule has 8 heteroatoms. The van der Waals surface area contributed by atoms with Crippen molar-refractivity contribution < 1.29 is 4.79 Å². The van der Waals surface area contributed by atoms with Gasteiger partial charge in [0.2, 0.25) is 5.91 Å². The van der Waals surface area contributed by atoms with Crippen LogP contribution in [0.1, 0.15) is 33.6 Å². The van der Waals surface area contributed by atoms with Crippen LogP contribution in [0.5, 0.6) is 0 Å². The van der Waals surface area contributed by atoms with Crippen molar-refractivity contribution in [2.75, 3.05) is 33.7 Å². The Morgan fingerprint density at radius 3 is 2.44 bits per heavy atom. The van der Waals surface area contributed by atoms with Gasteiger partial charge in [-0.1, -0.05) is 13.8 Å². The quantitative estimate of drug-likeness (QED) is 0.774. The minimum atomic E-state index is -0.572. The number of piperidine rings is 1. The van der Waals surface area contributed by atoms with E-state index in [2.05, 4.69) is 55.5 Å². The van der Waals surface area contributed by atoms with Gasteiger partial charge >= 0.3 is 0 Å². The van der Waals surface area contributed by atoms with Gasteiger partial charge in [0.15, 0.2) is 0 Å². The summed E-state index contributed by atoms with van der Waals surface area (Å²) in [5.74, 6) is 0.0852. The lowest BCUT2D eigenvalue weighted by Crippen LogP contribution is -2.58. The maximum atomic E-state index is 13.1. The molecule has 1 fully saturated rings. The molecule has 1 atom stereocenters. The van der Waals surface area contributed by atoms with E-state index in [0.717, 1.165) is 32.5 Å². The minimum Gasteiger partial charge on any atom is -0.351 e. The topological polar surface area (TPSA) is 62.2 Å². The fraction of sp³-hybridized carbons (Fsp3) is 0.765. The predicted octanol–water partition coefficient (Wildman–Crippen LogP) is 1.90. The summed E-state index contributed by atoms with van der Waals surface area (Å²) < 4.78 is 1.84. The number of amides is 1. The van der Waals surface area contributed by atoms with E-state index in [-0.39, 0.29) is 42.2 Å². The summed E-state index contributed by atoms with van der Waals surface area (Å²) >= 11 is 0. The van der Waals surface area contributed by atoms with Crippen molar-refractivity contribution in [2.24, 2.45) is 5.41 Å². The van der Waals surface area contributed by atoms with Crippen molar-refractivity contribution in [3.8, 4) is 0 Å². The third-order valence-corrected chi connectivity index (χ3v) is 5.04. The third kappa shape index (κ3) is 5.58. The first kappa shape index (κ1) is 24.2. The molecule has 2 N–H and O–H groups in total. The molecule has 6 nitrogen and oxygen atoms in total. The predicted molar refractivity (Wildman–Crippen MR) is 107 cm³/mol. The smallest absolute Gasteiger partial charge is 0.248 e. The lowest BCUT2D eigenvalue weighted by Gasteiger charge is -2.40. The summed E-state index contributed by atoms with van der Waals surface area (Å²) in [4.78, 5) is 15.3. The second kappa shape index (κ2) is 9.76. The second-order valence-electron chi connectivity index (χ2n) is 7.65. The van der Waals surface area contributed by atoms with Gasteiger partial charge in [-0.2, -0.15) is 5.10 Å². The Bertz CT molecular complexity index is 513. The van der Waals surface area contributed by atoms with E-state index in [4.69, 9.17) is 0 Å². The number of aromatic nitrogens is 2. The third-order valence-electron chi connectivity index (χ3n) is 5.04. The van der Waals surface area contributed by atoms with Crippen LogP contribution in [0.25, 0.3) is 0 Å². The van der Waals surface area contributed by atoms with Crippen LogP contribution >= 0.6 is 24.8 Å². The van der Waals surface area contributed by atoms with Crippen molar-refractivity contribution in [1.29, 1.82) is 0 Å². The van der Waals surface area contributed by atoms with Gasteiger partial charge in [-0.05, 0) is 58.4 Å². The van der Waals surface area contributed by atoms with Gasteiger partial charge in [0, 0.05) is 25.0 Å². The first-order valence-corrected chi connectivity index (χ1v) is 8.44. The van der Waals surface area contributed by atoms with Crippen molar-refractivity contribution in [3.63, 3.8) is 0 Å². The highest BCUT2D eigenvalue weighted by atomic mass is 35.5. The summed E-state index contributed by atoms with van der Waals surface area (Å²) in [5.41, 5.74) is -0.575. The summed E-state index contributed by atoms with van der Waals surface area (Å²) in [6.45, 7) is 9.08. The van der Waals surface area contributed by atoms with Gasteiger partial charge in [-0.25, -0.2) is 0 Å². The highest BCUT2D eigenvalue weighted by molar-refractivity contribution is 5.86. The van der Waals surface area contributed by atoms with Gasteiger partial charge in [0.1, 0.15) is 5.54 Å². The van der Waals surface area contributed by atoms with Crippen LogP contribution in [-0.2, 0) is 10.3 Å². The lowest BCUT2D eigenvalue weighted by molar-refractivity contribution is -0.133. The van der Waals surface area contributed by atoms with Crippen molar-refractivity contribution in [2.45, 2.75) is 45.2 Å². The van der Waals surface area contributed by atoms with Crippen LogP contribution in [0, 0.1) is 5.41 Å². The highest BCUT2D eigenvalue weighted by Gasteiger charge is 2.43. The van der Waals surface area contributed by atoms with Crippen LogP contribution in [0.2, 0.25) is 0 Å². The fourth-order valence-corrected chi connectivity index (χ4v) is 3.40. The van der Waals surface area contributed by atoms with Crippen LogP contribution in [0.15, 0.2) is 18.5 Å². The highest BCUT2D eigenvalue weighted by Crippen LogP contribution is 2.29. The molecule has 2 heterocycles. The zero-order valence-corrected chi connectivity index (χ0v) is 17.5. The zero-order valence-electron chi connectivity index (χ0n) is 15.9. The molecule has 1 aliphatic rings. The molecule has 1 amide bonds. The average Bonchev–Trinajstić information content (AvgIpc) is 3.01. The van der Waals surface area contributed by atoms with E-state index in [1.54, 1.807) is 6.20 Å². The number of nitrogens with one attached hydrogen (secondary N) is 2. The van der Waals surface area contributed by atoms with Gasteiger partial charge < -0.3 is 15.5 Å². The number of carbonyl (C=O) groups is 1. The Balaban J connectivity index is 0.00000288. The van der Waals surface area contributed by atoms with E-state index in [1.165, 1.54) is 0 Å². The molecule has 25 heavy (non-hydrogen) atoms. The van der Waals surface area contributed by atoms with Gasteiger partial charge in [0.25, 0.3) is 0 Å². The first-order valence-electron chi connectivity index (χ1n) is 8.44. The maximum absolute atomic E-state index is 13.1. The van der Waals surface area contributed by atoms with E-state index in [9.17, 15) is 4.79 Å². The summed E-state index contributed by atoms with van der Waals surface area (Å²) in [7, 11) is 4.13. The van der Waals surface area contributed by atoms with Crippen LogP contribution in [0.4, 0.5) is 0 Å². The molecular formula is C17H33Cl2N5O. The molecule has 2 rings (SSSR count). The number of halogens is 2. The molecule has 0 radical (unpaired) electrons. The van der Waals surface area contributed by atoms with Gasteiger partial charge in [-0.15, -0.1) is 24.8 Å². The van der Waals surface area contributed by atoms with Crippen LogP contribution in [-0.4, -0.2) is 60.4 Å². The maximum Gasteiger partial charge on any atom is 0.248 e. The van der Waals surface area contributed by atoms with Crippen molar-refractivity contribution in [3.05, 3.63) is 18.5 Å². The van der Waals surface area contributed by atoms with E-state index in [1.807, 2.05) is 16.9 Å². The van der Waals surface area contributed by atoms with Crippen LogP contribution in [0.3, 0.4) is 0 Å². The minimum absolute atomic E-state index is 0. The molecule has 1 aromatic rings. The van der Waals surface area contributed by atoms with Crippen molar-refractivity contribution in [1.82, 2.24) is 25.3 Å². The molecule has 0 saturated carbocycles. The summed E-state index contributed by atoms with van der Waals surface area (Å²) in [6.07, 6.45) is 5.18. The van der Waals surface area contributed by atoms with Gasteiger partial charge in [-0.3, -0.25) is 9.48 Å². The molecule has 1 aliphatic heterocycles. The molecule has 1 unspecified atom stereocenters. The Morgan fingerprint density at radius 1 is 1.36 bits per heavy atom. The second-order valence-corrected chi connectivity index (χ2v) is 7.65. The largest absolute Gasteiger partial charge is 0.351 e. The summed E-state index contributed by atoms with van der Waals surface area (Å²) in [5, 5.41) is 11.0. The molecular weight excluding hydrogens is 361 g/mol. The number of carbonyl (C=O) groups excluding carboxylic acids is 1. The number of hydrogen-bond donors (Lipinski definition) is 2. The lowest BCUT2D eigenvalue weighted by atomic mass is 9.82. The van der Waals surface area contributed by atoms with Crippen molar-refractivity contribution >= 4 is 30.7 Å². The zero-order chi connectivity index (χ0) is 17.1. The number of hydrogen-bond acceptors (Lipinski definition) is 4. The normalized spacial score (nSPS) is 18.0. The van der Waals surface area contributed by atoms with Crippen LogP contribution < -0.4 is 10.6 Å². The molecule has 1 aromatic heterocycles. The van der Waals surface area contributed by atoms with Gasteiger partial charge in [0.05, 0.1) is 0 Å². The first-order chi connectivity index (χ1) is 10.8. The average molecular weight is 394 g/mol. The number of rotatable bonds is 6. The fourth-order valence-electron chi connectivity index (χ4n) is 3.40. The Hall–Kier alpha value is -0.820. The molecule has 1 saturated heterocycles. The Labute approximate surface area is 163 Å². The SMILES string of the molecule is CC(NC(=O)C1(n2cccn2)CCNCC1)C(C)(C)CN(C)C.Cl.Cl. The summed E-state index contributed by atoms with van der Waals surface area (Å²) in [6, 6.07) is 1.97. The monoisotopic (exact) mass is 393 g/mol. The number of nitrogens with zero attached hydrogens (tertiary/aromatic N) is 3. The standard InChI is InChI=1S/C17H31N5O.2ClH/c1-14(16(2,3)13-21(4)5)20-15(23)17(7-10-18-11-8-17)22-12-6-9-19-22;;/h6,9,12,14,18H,7-8,10-11,13H2,1-5H3,(H,20,23);2*1H. The van der Waals surface area contributed by atoms with E-state index >= 15 is 0 Å². The van der Waals surface area contributed by atoms with E-state index < -0.39 is 5.54 Å². The molecule has 0 aliphatic carbocycles. The molecule has 146 valence electrons. The van der Waals surface area contributed by atoms with E-state index in [0.29, 0.717) is 0 Å². The Morgan fingerprint density at radius 2 is 1.96 bits per heavy atom. The molecule has 0 bridgehead atoms. The Kier molecular flexibility index (Phi) is 9.44. The molecule has 0 spiro atoms.